The van der Waals surface area contributed by atoms with Gasteiger partial charge in [-0.2, -0.15) is 0 Å². The number of ether oxygens (including phenoxy) is 1. The third-order valence-electron chi connectivity index (χ3n) is 7.25. The molecule has 0 aliphatic carbocycles. The van der Waals surface area contributed by atoms with E-state index in [2.05, 4.69) is 39.5 Å². The van der Waals surface area contributed by atoms with Crippen LogP contribution >= 0.6 is 0 Å². The lowest BCUT2D eigenvalue weighted by Crippen LogP contribution is -2.49. The Kier molecular flexibility index (Phi) is 6.55. The van der Waals surface area contributed by atoms with Crippen LogP contribution in [0.3, 0.4) is 0 Å². The Morgan fingerprint density at radius 3 is 2.47 bits per heavy atom. The number of anilines is 1. The quantitative estimate of drug-likeness (QED) is 0.571. The number of aromatic nitrogens is 3. The summed E-state index contributed by atoms with van der Waals surface area (Å²) in [6, 6.07) is 10.4. The minimum atomic E-state index is -0.159. The van der Waals surface area contributed by atoms with Crippen molar-refractivity contribution in [2.45, 2.75) is 33.3 Å². The number of aryl methyl sites for hydroxylation is 1. The molecule has 2 amide bonds. The molecule has 9 nitrogen and oxygen atoms in total. The zero-order valence-corrected chi connectivity index (χ0v) is 21.4. The first-order valence-corrected chi connectivity index (χ1v) is 12.7. The SMILES string of the molecule is CC(C)C(=O)N1CCN(c2ccc(-c3cc4ncn(C)c4c(O[C@H](C)[C@H]4CNC(=O)C4)n3)cc2)CC1. The lowest BCUT2D eigenvalue weighted by atomic mass is 10.0. The maximum absolute atomic E-state index is 12.3. The van der Waals surface area contributed by atoms with E-state index in [4.69, 9.17) is 9.72 Å². The third kappa shape index (κ3) is 4.74. The number of nitrogens with zero attached hydrogens (tertiary/aromatic N) is 5. The summed E-state index contributed by atoms with van der Waals surface area (Å²) in [6.45, 7) is 9.66. The van der Waals surface area contributed by atoms with Crippen molar-refractivity contribution in [2.75, 3.05) is 37.6 Å². The number of benzene rings is 1. The Morgan fingerprint density at radius 1 is 1.11 bits per heavy atom. The second kappa shape index (κ2) is 9.79. The molecule has 2 aromatic heterocycles. The van der Waals surface area contributed by atoms with Gasteiger partial charge in [-0.05, 0) is 25.1 Å². The first-order chi connectivity index (χ1) is 17.3. The van der Waals surface area contributed by atoms with Gasteiger partial charge in [-0.25, -0.2) is 9.97 Å². The molecule has 9 heteroatoms. The van der Waals surface area contributed by atoms with Gasteiger partial charge in [0, 0.05) is 69.3 Å². The maximum atomic E-state index is 12.3. The van der Waals surface area contributed by atoms with E-state index >= 15 is 0 Å². The Labute approximate surface area is 211 Å². The van der Waals surface area contributed by atoms with E-state index in [0.717, 1.165) is 54.2 Å². The van der Waals surface area contributed by atoms with Crippen molar-refractivity contribution in [1.82, 2.24) is 24.8 Å². The zero-order valence-electron chi connectivity index (χ0n) is 21.4. The molecule has 1 N–H and O–H groups in total. The maximum Gasteiger partial charge on any atom is 0.241 e. The number of fused-ring (bicyclic) bond motifs is 1. The van der Waals surface area contributed by atoms with Crippen LogP contribution in [-0.4, -0.2) is 70.1 Å². The fourth-order valence-electron chi connectivity index (χ4n) is 4.99. The topological polar surface area (TPSA) is 92.6 Å². The Balaban J connectivity index is 1.34. The third-order valence-corrected chi connectivity index (χ3v) is 7.25. The van der Waals surface area contributed by atoms with E-state index in [-0.39, 0.29) is 29.8 Å². The number of pyridine rings is 1. The van der Waals surface area contributed by atoms with E-state index in [1.807, 2.05) is 43.4 Å². The summed E-state index contributed by atoms with van der Waals surface area (Å²) in [5.41, 5.74) is 4.57. The molecule has 2 aliphatic heterocycles. The average Bonchev–Trinajstić information content (AvgIpc) is 3.49. The summed E-state index contributed by atoms with van der Waals surface area (Å²) in [6.07, 6.45) is 2.08. The Hall–Kier alpha value is -3.62. The molecule has 3 aromatic rings. The average molecular weight is 491 g/mol. The molecule has 36 heavy (non-hydrogen) atoms. The fourth-order valence-corrected chi connectivity index (χ4v) is 4.99. The van der Waals surface area contributed by atoms with Crippen molar-refractivity contribution in [2.24, 2.45) is 18.9 Å². The molecular weight excluding hydrogens is 456 g/mol. The highest BCUT2D eigenvalue weighted by atomic mass is 16.5. The molecule has 190 valence electrons. The van der Waals surface area contributed by atoms with Gasteiger partial charge in [-0.15, -0.1) is 0 Å². The minimum Gasteiger partial charge on any atom is -0.473 e. The number of hydrogen-bond acceptors (Lipinski definition) is 6. The molecule has 2 fully saturated rings. The van der Waals surface area contributed by atoms with Gasteiger partial charge < -0.3 is 24.4 Å². The summed E-state index contributed by atoms with van der Waals surface area (Å²) in [7, 11) is 1.93. The molecule has 0 unspecified atom stereocenters. The van der Waals surface area contributed by atoms with E-state index in [0.29, 0.717) is 18.8 Å². The largest absolute Gasteiger partial charge is 0.473 e. The molecule has 5 rings (SSSR count). The lowest BCUT2D eigenvalue weighted by molar-refractivity contribution is -0.134. The van der Waals surface area contributed by atoms with Crippen LogP contribution < -0.4 is 15.0 Å². The molecule has 0 bridgehead atoms. The second-order valence-corrected chi connectivity index (χ2v) is 10.1. The highest BCUT2D eigenvalue weighted by Crippen LogP contribution is 2.31. The number of carbonyl (C=O) groups excluding carboxylic acids is 2. The smallest absolute Gasteiger partial charge is 0.241 e. The zero-order chi connectivity index (χ0) is 25.4. The van der Waals surface area contributed by atoms with Gasteiger partial charge in [0.25, 0.3) is 0 Å². The van der Waals surface area contributed by atoms with Crippen LogP contribution in [0.5, 0.6) is 5.88 Å². The minimum absolute atomic E-state index is 0.0361. The first kappa shape index (κ1) is 24.1. The summed E-state index contributed by atoms with van der Waals surface area (Å²) in [5.74, 6) is 0.972. The molecule has 2 atom stereocenters. The van der Waals surface area contributed by atoms with Crippen LogP contribution in [0.25, 0.3) is 22.3 Å². The number of carbonyl (C=O) groups is 2. The van der Waals surface area contributed by atoms with Crippen LogP contribution in [0, 0.1) is 11.8 Å². The molecule has 2 saturated heterocycles. The molecule has 4 heterocycles. The summed E-state index contributed by atoms with van der Waals surface area (Å²) in [4.78, 5) is 37.7. The molecule has 1 aromatic carbocycles. The van der Waals surface area contributed by atoms with Gasteiger partial charge >= 0.3 is 0 Å². The summed E-state index contributed by atoms with van der Waals surface area (Å²) >= 11 is 0. The van der Waals surface area contributed by atoms with Crippen LogP contribution in [0.15, 0.2) is 36.7 Å². The van der Waals surface area contributed by atoms with Crippen LogP contribution in [0.4, 0.5) is 5.69 Å². The van der Waals surface area contributed by atoms with Crippen LogP contribution in [0.1, 0.15) is 27.2 Å². The molecule has 0 radical (unpaired) electrons. The normalized spacial score (nSPS) is 19.1. The number of piperazine rings is 1. The van der Waals surface area contributed by atoms with Crippen molar-refractivity contribution in [3.05, 3.63) is 36.7 Å². The standard InChI is InChI=1S/C27H34N6O3/c1-17(2)27(35)33-11-9-32(10-12-33)21-7-5-19(6-8-21)22-14-23-25(31(4)16-29-23)26(30-22)36-18(3)20-13-24(34)28-15-20/h5-8,14,16-18,20H,9-13,15H2,1-4H3,(H,28,34)/t18-,20-/m1/s1. The second-order valence-electron chi connectivity index (χ2n) is 10.1. The molecule has 0 saturated carbocycles. The summed E-state index contributed by atoms with van der Waals surface area (Å²) in [5, 5.41) is 2.88. The number of hydrogen-bond donors (Lipinski definition) is 1. The van der Waals surface area contributed by atoms with Crippen molar-refractivity contribution in [1.29, 1.82) is 0 Å². The Bertz CT molecular complexity index is 1260. The molecule has 2 aliphatic rings. The van der Waals surface area contributed by atoms with Crippen molar-refractivity contribution in [3.8, 4) is 17.1 Å². The summed E-state index contributed by atoms with van der Waals surface area (Å²) < 4.78 is 8.24. The van der Waals surface area contributed by atoms with E-state index in [1.54, 1.807) is 6.33 Å². The first-order valence-electron chi connectivity index (χ1n) is 12.7. The van der Waals surface area contributed by atoms with E-state index in [9.17, 15) is 9.59 Å². The molecular formula is C27H34N6O3. The van der Waals surface area contributed by atoms with E-state index in [1.165, 1.54) is 0 Å². The lowest BCUT2D eigenvalue weighted by Gasteiger charge is -2.37. The van der Waals surface area contributed by atoms with Crippen molar-refractivity contribution >= 4 is 28.5 Å². The van der Waals surface area contributed by atoms with Gasteiger partial charge in [-0.1, -0.05) is 26.0 Å². The van der Waals surface area contributed by atoms with Gasteiger partial charge in [0.2, 0.25) is 17.7 Å². The Morgan fingerprint density at radius 2 is 1.83 bits per heavy atom. The predicted molar refractivity (Wildman–Crippen MR) is 139 cm³/mol. The van der Waals surface area contributed by atoms with Crippen LogP contribution in [0.2, 0.25) is 0 Å². The van der Waals surface area contributed by atoms with Gasteiger partial charge in [0.1, 0.15) is 11.6 Å². The highest BCUT2D eigenvalue weighted by molar-refractivity contribution is 5.85. The monoisotopic (exact) mass is 490 g/mol. The van der Waals surface area contributed by atoms with Gasteiger partial charge in [-0.3, -0.25) is 9.59 Å². The highest BCUT2D eigenvalue weighted by Gasteiger charge is 2.29. The number of imidazole rings is 1. The van der Waals surface area contributed by atoms with E-state index < -0.39 is 0 Å². The van der Waals surface area contributed by atoms with Crippen molar-refractivity contribution in [3.63, 3.8) is 0 Å². The predicted octanol–water partition coefficient (Wildman–Crippen LogP) is 2.84. The van der Waals surface area contributed by atoms with Gasteiger partial charge in [0.15, 0.2) is 0 Å². The number of rotatable bonds is 6. The molecule has 0 spiro atoms. The van der Waals surface area contributed by atoms with Gasteiger partial charge in [0.05, 0.1) is 17.5 Å². The number of amides is 2. The fraction of sp³-hybridized carbons (Fsp3) is 0.481. The van der Waals surface area contributed by atoms with Crippen LogP contribution in [-0.2, 0) is 16.6 Å². The number of nitrogens with one attached hydrogen (secondary N) is 1. The van der Waals surface area contributed by atoms with Crippen molar-refractivity contribution < 1.29 is 14.3 Å².